The zero-order valence-electron chi connectivity index (χ0n) is 17.4. The standard InChI is InChI=1S/C20H20ClN5O5S/c1-13-15(11-23-26(13)18-6-4-5-9-22-18)20(28)31-12-19(27)24-14-7-8-16(21)17(10-14)32(29,30)25(2)3/h4-11H,12H2,1-3H3,(H,24,27). The number of nitrogens with one attached hydrogen (secondary N) is 1. The van der Waals surface area contributed by atoms with Gasteiger partial charge in [0.05, 0.1) is 16.9 Å². The first kappa shape index (κ1) is 23.4. The smallest absolute Gasteiger partial charge is 0.342 e. The second-order valence-electron chi connectivity index (χ2n) is 6.80. The van der Waals surface area contributed by atoms with Gasteiger partial charge in [0.25, 0.3) is 5.91 Å². The highest BCUT2D eigenvalue weighted by Crippen LogP contribution is 2.26. The lowest BCUT2D eigenvalue weighted by Crippen LogP contribution is -2.23. The minimum Gasteiger partial charge on any atom is -0.452 e. The van der Waals surface area contributed by atoms with E-state index in [-0.39, 0.29) is 21.2 Å². The number of nitrogens with zero attached hydrogens (tertiary/aromatic N) is 4. The van der Waals surface area contributed by atoms with Crippen molar-refractivity contribution in [1.29, 1.82) is 0 Å². The molecule has 1 N–H and O–H groups in total. The number of carbonyl (C=O) groups excluding carboxylic acids is 2. The molecule has 0 bridgehead atoms. The van der Waals surface area contributed by atoms with Crippen LogP contribution in [0.3, 0.4) is 0 Å². The van der Waals surface area contributed by atoms with E-state index >= 15 is 0 Å². The van der Waals surface area contributed by atoms with E-state index in [2.05, 4.69) is 15.4 Å². The van der Waals surface area contributed by atoms with Gasteiger partial charge in [0.2, 0.25) is 10.0 Å². The summed E-state index contributed by atoms with van der Waals surface area (Å²) in [6.07, 6.45) is 2.94. The largest absolute Gasteiger partial charge is 0.452 e. The Kier molecular flexibility index (Phi) is 6.92. The molecule has 0 fully saturated rings. The van der Waals surface area contributed by atoms with Crippen LogP contribution in [0.25, 0.3) is 5.82 Å². The van der Waals surface area contributed by atoms with Gasteiger partial charge in [-0.15, -0.1) is 0 Å². The number of esters is 1. The van der Waals surface area contributed by atoms with Gasteiger partial charge in [0.15, 0.2) is 12.4 Å². The second kappa shape index (κ2) is 9.47. The summed E-state index contributed by atoms with van der Waals surface area (Å²) in [7, 11) is -1.06. The number of hydrogen-bond acceptors (Lipinski definition) is 7. The molecule has 0 saturated carbocycles. The molecule has 0 saturated heterocycles. The summed E-state index contributed by atoms with van der Waals surface area (Å²) < 4.78 is 32.3. The van der Waals surface area contributed by atoms with Crippen LogP contribution < -0.4 is 5.32 Å². The highest BCUT2D eigenvalue weighted by Gasteiger charge is 2.22. The molecule has 168 valence electrons. The van der Waals surface area contributed by atoms with Crippen molar-refractivity contribution in [3.8, 4) is 5.82 Å². The zero-order chi connectivity index (χ0) is 23.5. The van der Waals surface area contributed by atoms with Crippen molar-refractivity contribution in [3.05, 3.63) is 65.1 Å². The Morgan fingerprint density at radius 3 is 2.62 bits per heavy atom. The molecular weight excluding hydrogens is 458 g/mol. The molecule has 0 aliphatic rings. The van der Waals surface area contributed by atoms with Gasteiger partial charge < -0.3 is 10.1 Å². The van der Waals surface area contributed by atoms with Crippen molar-refractivity contribution in [2.45, 2.75) is 11.8 Å². The predicted octanol–water partition coefficient (Wildman–Crippen LogP) is 2.27. The number of hydrogen-bond donors (Lipinski definition) is 1. The maximum atomic E-state index is 12.4. The Hall–Kier alpha value is -3.28. The summed E-state index contributed by atoms with van der Waals surface area (Å²) in [5.74, 6) is -0.844. The number of halogens is 1. The number of benzene rings is 1. The van der Waals surface area contributed by atoms with Gasteiger partial charge in [-0.1, -0.05) is 17.7 Å². The average molecular weight is 478 g/mol. The molecule has 1 aromatic carbocycles. The number of carbonyl (C=O) groups is 2. The van der Waals surface area contributed by atoms with E-state index in [1.807, 2.05) is 0 Å². The number of aromatic nitrogens is 3. The minimum atomic E-state index is -3.80. The lowest BCUT2D eigenvalue weighted by atomic mass is 10.2. The molecule has 1 amide bonds. The topological polar surface area (TPSA) is 123 Å². The van der Waals surface area contributed by atoms with Crippen LogP contribution in [0.1, 0.15) is 16.1 Å². The van der Waals surface area contributed by atoms with Gasteiger partial charge in [-0.3, -0.25) is 4.79 Å². The summed E-state index contributed by atoms with van der Waals surface area (Å²) in [4.78, 5) is 28.6. The third kappa shape index (κ3) is 4.96. The molecule has 0 radical (unpaired) electrons. The van der Waals surface area contributed by atoms with Crippen LogP contribution >= 0.6 is 11.6 Å². The SMILES string of the molecule is Cc1c(C(=O)OCC(=O)Nc2ccc(Cl)c(S(=O)(=O)N(C)C)c2)cnn1-c1ccccn1. The van der Waals surface area contributed by atoms with Gasteiger partial charge in [-0.05, 0) is 37.3 Å². The summed E-state index contributed by atoms with van der Waals surface area (Å²) in [5, 5.41) is 6.64. The van der Waals surface area contributed by atoms with Crippen molar-refractivity contribution >= 4 is 39.2 Å². The Morgan fingerprint density at radius 1 is 1.22 bits per heavy atom. The summed E-state index contributed by atoms with van der Waals surface area (Å²) in [6, 6.07) is 9.32. The van der Waals surface area contributed by atoms with E-state index < -0.39 is 28.5 Å². The number of anilines is 1. The first-order valence-electron chi connectivity index (χ1n) is 9.26. The molecule has 3 aromatic rings. The molecule has 32 heavy (non-hydrogen) atoms. The fourth-order valence-corrected chi connectivity index (χ4v) is 4.10. The van der Waals surface area contributed by atoms with E-state index in [4.69, 9.17) is 16.3 Å². The Morgan fingerprint density at radius 2 is 1.97 bits per heavy atom. The number of amides is 1. The summed E-state index contributed by atoms with van der Waals surface area (Å²) in [6.45, 7) is 1.10. The third-order valence-electron chi connectivity index (χ3n) is 4.40. The van der Waals surface area contributed by atoms with Crippen molar-refractivity contribution in [2.75, 3.05) is 26.0 Å². The molecular formula is C20H20ClN5O5S. The lowest BCUT2D eigenvalue weighted by molar-refractivity contribution is -0.119. The fraction of sp³-hybridized carbons (Fsp3) is 0.200. The fourth-order valence-electron chi connectivity index (χ4n) is 2.70. The molecule has 0 aliphatic heterocycles. The summed E-state index contributed by atoms with van der Waals surface area (Å²) >= 11 is 5.99. The maximum Gasteiger partial charge on any atom is 0.342 e. The van der Waals surface area contributed by atoms with Crippen molar-refractivity contribution in [3.63, 3.8) is 0 Å². The number of pyridine rings is 1. The number of rotatable bonds is 7. The zero-order valence-corrected chi connectivity index (χ0v) is 19.0. The highest BCUT2D eigenvalue weighted by molar-refractivity contribution is 7.89. The van der Waals surface area contributed by atoms with E-state index in [9.17, 15) is 18.0 Å². The van der Waals surface area contributed by atoms with Gasteiger partial charge in [-0.25, -0.2) is 27.2 Å². The van der Waals surface area contributed by atoms with Gasteiger partial charge in [0.1, 0.15) is 10.5 Å². The minimum absolute atomic E-state index is 0.0171. The van der Waals surface area contributed by atoms with Gasteiger partial charge in [0, 0.05) is 26.0 Å². The average Bonchev–Trinajstić information content (AvgIpc) is 3.15. The highest BCUT2D eigenvalue weighted by atomic mass is 35.5. The third-order valence-corrected chi connectivity index (χ3v) is 6.70. The molecule has 10 nitrogen and oxygen atoms in total. The Bertz CT molecular complexity index is 1260. The van der Waals surface area contributed by atoms with E-state index in [0.717, 1.165) is 4.31 Å². The van der Waals surface area contributed by atoms with Crippen LogP contribution in [0.5, 0.6) is 0 Å². The van der Waals surface area contributed by atoms with Crippen LogP contribution in [-0.2, 0) is 19.6 Å². The van der Waals surface area contributed by atoms with Gasteiger partial charge in [-0.2, -0.15) is 5.10 Å². The van der Waals surface area contributed by atoms with Crippen LogP contribution in [0.15, 0.2) is 53.7 Å². The molecule has 0 aliphatic carbocycles. The van der Waals surface area contributed by atoms with Crippen molar-refractivity contribution in [1.82, 2.24) is 19.1 Å². The number of ether oxygens (including phenoxy) is 1. The van der Waals surface area contributed by atoms with Crippen LogP contribution in [0.4, 0.5) is 5.69 Å². The normalized spacial score (nSPS) is 11.4. The van der Waals surface area contributed by atoms with E-state index in [1.165, 1.54) is 43.2 Å². The molecule has 0 spiro atoms. The monoisotopic (exact) mass is 477 g/mol. The molecule has 3 rings (SSSR count). The van der Waals surface area contributed by atoms with Crippen LogP contribution in [0.2, 0.25) is 5.02 Å². The molecule has 0 atom stereocenters. The van der Waals surface area contributed by atoms with Crippen molar-refractivity contribution in [2.24, 2.45) is 0 Å². The number of sulfonamides is 1. The Balaban J connectivity index is 1.66. The molecule has 12 heteroatoms. The van der Waals surface area contributed by atoms with Gasteiger partial charge >= 0.3 is 5.97 Å². The van der Waals surface area contributed by atoms with Crippen LogP contribution in [-0.4, -0.2) is 60.1 Å². The predicted molar refractivity (Wildman–Crippen MR) is 117 cm³/mol. The quantitative estimate of drug-likeness (QED) is 0.517. The molecule has 2 heterocycles. The summed E-state index contributed by atoms with van der Waals surface area (Å²) in [5.41, 5.74) is 0.884. The molecule has 2 aromatic heterocycles. The first-order valence-corrected chi connectivity index (χ1v) is 11.1. The second-order valence-corrected chi connectivity index (χ2v) is 9.33. The Labute approximate surface area is 189 Å². The van der Waals surface area contributed by atoms with Crippen LogP contribution in [0, 0.1) is 6.92 Å². The maximum absolute atomic E-state index is 12.4. The first-order chi connectivity index (χ1) is 15.1. The van der Waals surface area contributed by atoms with Crippen molar-refractivity contribution < 1.29 is 22.7 Å². The lowest BCUT2D eigenvalue weighted by Gasteiger charge is -2.14. The molecule has 0 unspecified atom stereocenters. The van der Waals surface area contributed by atoms with E-state index in [1.54, 1.807) is 31.3 Å². The van der Waals surface area contributed by atoms with E-state index in [0.29, 0.717) is 11.5 Å².